The van der Waals surface area contributed by atoms with Gasteiger partial charge in [0, 0.05) is 13.1 Å². The van der Waals surface area contributed by atoms with Gasteiger partial charge in [0.15, 0.2) is 0 Å². The van der Waals surface area contributed by atoms with Crippen LogP contribution >= 0.6 is 0 Å². The van der Waals surface area contributed by atoms with Gasteiger partial charge in [-0.05, 0) is 50.5 Å². The van der Waals surface area contributed by atoms with Crippen LogP contribution in [-0.2, 0) is 25.7 Å². The molecule has 0 aliphatic carbocycles. The van der Waals surface area contributed by atoms with E-state index in [-0.39, 0.29) is 18.8 Å². The number of ether oxygens (including phenoxy) is 1. The summed E-state index contributed by atoms with van der Waals surface area (Å²) in [5, 5.41) is 15.2. The molecule has 2 unspecified atom stereocenters. The van der Waals surface area contributed by atoms with Gasteiger partial charge < -0.3 is 31.1 Å². The zero-order valence-electron chi connectivity index (χ0n) is 23.8. The molecule has 0 aromatic heterocycles. The number of aromatic hydroxyl groups is 1. The van der Waals surface area contributed by atoms with Crippen molar-refractivity contribution >= 4 is 23.8 Å². The fourth-order valence-electron chi connectivity index (χ4n) is 4.14. The number of hydrogen-bond acceptors (Lipinski definition) is 6. The molecule has 0 heterocycles. The molecule has 2 rings (SSSR count). The van der Waals surface area contributed by atoms with Gasteiger partial charge in [0.1, 0.15) is 23.4 Å². The largest absolute Gasteiger partial charge is 0.508 e. The maximum Gasteiger partial charge on any atom is 0.408 e. The third-order valence-corrected chi connectivity index (χ3v) is 6.01. The highest BCUT2D eigenvalue weighted by Crippen LogP contribution is 2.26. The number of nitrogens with zero attached hydrogens (tertiary/aromatic N) is 1. The summed E-state index contributed by atoms with van der Waals surface area (Å²) in [6, 6.07) is 12.9. The number of primary amides is 1. The van der Waals surface area contributed by atoms with Gasteiger partial charge in [0.2, 0.25) is 17.7 Å². The minimum atomic E-state index is -1.35. The first kappa shape index (κ1) is 32.1. The number of alkyl carbamates (subject to hydrolysis) is 1. The second kappa shape index (κ2) is 15.5. The van der Waals surface area contributed by atoms with Gasteiger partial charge in [0.05, 0.1) is 6.42 Å². The standard InChI is InChI=1S/C30H42N4O6/c1-5-6-7-11-18-34(28(38)24(19-25(31)36)33-29(39)40-30(2,3)4)26(22-14-16-23(35)17-15-22)27(37)32-20-21-12-9-8-10-13-21/h8-10,12-17,24,26,35H,5-7,11,18-20H2,1-4H3,(H2,31,36)(H,32,37)(H,33,39). The minimum absolute atomic E-state index is 0.00575. The topological polar surface area (TPSA) is 151 Å². The summed E-state index contributed by atoms with van der Waals surface area (Å²) in [5.74, 6) is -1.89. The van der Waals surface area contributed by atoms with Gasteiger partial charge in [-0.15, -0.1) is 0 Å². The molecular formula is C30H42N4O6. The molecule has 0 aliphatic rings. The van der Waals surface area contributed by atoms with Gasteiger partial charge in [-0.1, -0.05) is 68.7 Å². The van der Waals surface area contributed by atoms with Crippen LogP contribution in [0.4, 0.5) is 4.79 Å². The number of nitrogens with two attached hydrogens (primary N) is 1. The van der Waals surface area contributed by atoms with Crippen LogP contribution in [0.2, 0.25) is 0 Å². The molecule has 5 N–H and O–H groups in total. The summed E-state index contributed by atoms with van der Waals surface area (Å²) in [6.45, 7) is 7.51. The number of phenols is 1. The van der Waals surface area contributed by atoms with E-state index in [1.807, 2.05) is 30.3 Å². The first-order chi connectivity index (χ1) is 18.9. The molecule has 0 fully saturated rings. The molecule has 0 radical (unpaired) electrons. The van der Waals surface area contributed by atoms with E-state index in [2.05, 4.69) is 17.6 Å². The summed E-state index contributed by atoms with van der Waals surface area (Å²) >= 11 is 0. The Balaban J connectivity index is 2.46. The minimum Gasteiger partial charge on any atom is -0.508 e. The second-order valence-electron chi connectivity index (χ2n) is 10.7. The molecule has 0 aliphatic heterocycles. The van der Waals surface area contributed by atoms with Crippen molar-refractivity contribution in [3.8, 4) is 5.75 Å². The number of nitrogens with one attached hydrogen (secondary N) is 2. The van der Waals surface area contributed by atoms with E-state index in [1.165, 1.54) is 17.0 Å². The fourth-order valence-corrected chi connectivity index (χ4v) is 4.14. The lowest BCUT2D eigenvalue weighted by Crippen LogP contribution is -2.54. The fraction of sp³-hybridized carbons (Fsp3) is 0.467. The number of amides is 4. The lowest BCUT2D eigenvalue weighted by atomic mass is 10.0. The number of benzene rings is 2. The Hall–Kier alpha value is -4.08. The third kappa shape index (κ3) is 11.0. The Kier molecular flexibility index (Phi) is 12.4. The zero-order valence-corrected chi connectivity index (χ0v) is 23.8. The molecule has 10 heteroatoms. The highest BCUT2D eigenvalue weighted by Gasteiger charge is 2.36. The third-order valence-electron chi connectivity index (χ3n) is 6.01. The van der Waals surface area contributed by atoms with Gasteiger partial charge in [0.25, 0.3) is 0 Å². The Morgan fingerprint density at radius 3 is 2.20 bits per heavy atom. The van der Waals surface area contributed by atoms with E-state index in [0.29, 0.717) is 12.0 Å². The van der Waals surface area contributed by atoms with Gasteiger partial charge >= 0.3 is 6.09 Å². The van der Waals surface area contributed by atoms with Crippen LogP contribution in [0.3, 0.4) is 0 Å². The molecular weight excluding hydrogens is 512 g/mol. The Bertz CT molecular complexity index is 1120. The van der Waals surface area contributed by atoms with Gasteiger partial charge in [-0.3, -0.25) is 14.4 Å². The maximum atomic E-state index is 14.0. The van der Waals surface area contributed by atoms with Crippen molar-refractivity contribution in [2.45, 2.75) is 84.0 Å². The number of hydrogen-bond donors (Lipinski definition) is 4. The normalized spacial score (nSPS) is 12.6. The van der Waals surface area contributed by atoms with Crippen molar-refractivity contribution in [2.75, 3.05) is 6.54 Å². The van der Waals surface area contributed by atoms with Crippen LogP contribution in [0.25, 0.3) is 0 Å². The molecule has 0 spiro atoms. The highest BCUT2D eigenvalue weighted by molar-refractivity contribution is 5.94. The predicted octanol–water partition coefficient (Wildman–Crippen LogP) is 3.93. The quantitative estimate of drug-likeness (QED) is 0.260. The SMILES string of the molecule is CCCCCCN(C(=O)C(CC(N)=O)NC(=O)OC(C)(C)C)C(C(=O)NCc1ccccc1)c1ccc(O)cc1. The van der Waals surface area contributed by atoms with E-state index in [4.69, 9.17) is 10.5 Å². The van der Waals surface area contributed by atoms with Crippen molar-refractivity contribution in [2.24, 2.45) is 5.73 Å². The van der Waals surface area contributed by atoms with E-state index >= 15 is 0 Å². The molecule has 2 aromatic carbocycles. The average molecular weight is 555 g/mol. The Labute approximate surface area is 236 Å². The van der Waals surface area contributed by atoms with Crippen LogP contribution in [0.1, 0.15) is 77.0 Å². The van der Waals surface area contributed by atoms with E-state index in [0.717, 1.165) is 24.8 Å². The first-order valence-electron chi connectivity index (χ1n) is 13.6. The van der Waals surface area contributed by atoms with Crippen LogP contribution in [0, 0.1) is 0 Å². The summed E-state index contributed by atoms with van der Waals surface area (Å²) in [4.78, 5) is 53.6. The number of unbranched alkanes of at least 4 members (excludes halogenated alkanes) is 3. The monoisotopic (exact) mass is 554 g/mol. The zero-order chi connectivity index (χ0) is 29.7. The van der Waals surface area contributed by atoms with Crippen molar-refractivity contribution in [1.29, 1.82) is 0 Å². The second-order valence-corrected chi connectivity index (χ2v) is 10.7. The van der Waals surface area contributed by atoms with Crippen molar-refractivity contribution < 1.29 is 29.0 Å². The van der Waals surface area contributed by atoms with E-state index < -0.39 is 47.9 Å². The van der Waals surface area contributed by atoms with Crippen LogP contribution in [-0.4, -0.2) is 52.0 Å². The number of rotatable bonds is 14. The molecule has 0 bridgehead atoms. The van der Waals surface area contributed by atoms with Crippen LogP contribution < -0.4 is 16.4 Å². The number of carbonyl (C=O) groups is 4. The predicted molar refractivity (Wildman–Crippen MR) is 152 cm³/mol. The highest BCUT2D eigenvalue weighted by atomic mass is 16.6. The lowest BCUT2D eigenvalue weighted by Gasteiger charge is -2.34. The molecule has 40 heavy (non-hydrogen) atoms. The smallest absolute Gasteiger partial charge is 0.408 e. The van der Waals surface area contributed by atoms with Crippen molar-refractivity contribution in [1.82, 2.24) is 15.5 Å². The van der Waals surface area contributed by atoms with Crippen LogP contribution in [0.5, 0.6) is 5.75 Å². The van der Waals surface area contributed by atoms with Gasteiger partial charge in [-0.25, -0.2) is 4.79 Å². The molecule has 0 saturated carbocycles. The van der Waals surface area contributed by atoms with E-state index in [9.17, 15) is 24.3 Å². The summed E-state index contributed by atoms with van der Waals surface area (Å²) in [7, 11) is 0. The maximum absolute atomic E-state index is 14.0. The number of carbonyl (C=O) groups excluding carboxylic acids is 4. The molecule has 0 saturated heterocycles. The van der Waals surface area contributed by atoms with E-state index in [1.54, 1.807) is 32.9 Å². The summed E-state index contributed by atoms with van der Waals surface area (Å²) in [5.41, 5.74) is 5.94. The molecule has 2 aromatic rings. The lowest BCUT2D eigenvalue weighted by molar-refractivity contribution is -0.143. The summed E-state index contributed by atoms with van der Waals surface area (Å²) in [6.07, 6.45) is 1.96. The first-order valence-corrected chi connectivity index (χ1v) is 13.6. The van der Waals surface area contributed by atoms with Gasteiger partial charge in [-0.2, -0.15) is 0 Å². The summed E-state index contributed by atoms with van der Waals surface area (Å²) < 4.78 is 5.31. The Morgan fingerprint density at radius 1 is 0.975 bits per heavy atom. The van der Waals surface area contributed by atoms with Crippen LogP contribution in [0.15, 0.2) is 54.6 Å². The molecule has 218 valence electrons. The average Bonchev–Trinajstić information content (AvgIpc) is 2.88. The van der Waals surface area contributed by atoms with Crippen molar-refractivity contribution in [3.63, 3.8) is 0 Å². The molecule has 4 amide bonds. The molecule has 2 atom stereocenters. The number of phenolic OH excluding ortho intramolecular Hbond substituents is 1. The molecule has 10 nitrogen and oxygen atoms in total. The van der Waals surface area contributed by atoms with Crippen molar-refractivity contribution in [3.05, 3.63) is 65.7 Å². The Morgan fingerprint density at radius 2 is 1.62 bits per heavy atom.